The third-order valence-electron chi connectivity index (χ3n) is 4.78. The first-order chi connectivity index (χ1) is 13.5. The Morgan fingerprint density at radius 2 is 2.04 bits per heavy atom. The Labute approximate surface area is 166 Å². The minimum atomic E-state index is -3.48. The van der Waals surface area contributed by atoms with E-state index in [0.29, 0.717) is 31.9 Å². The van der Waals surface area contributed by atoms with Gasteiger partial charge in [-0.1, -0.05) is 19.9 Å². The lowest BCUT2D eigenvalue weighted by Gasteiger charge is -2.34. The van der Waals surface area contributed by atoms with Gasteiger partial charge in [-0.25, -0.2) is 4.98 Å². The second-order valence-corrected chi connectivity index (χ2v) is 8.50. The molecule has 3 heterocycles. The number of nitrogens with one attached hydrogen (secondary N) is 1. The third kappa shape index (κ3) is 4.49. The van der Waals surface area contributed by atoms with Crippen molar-refractivity contribution in [2.75, 3.05) is 38.1 Å². The number of aromatic nitrogens is 2. The quantitative estimate of drug-likeness (QED) is 0.761. The molecule has 9 heteroatoms. The average molecular weight is 406 g/mol. The largest absolute Gasteiger partial charge is 0.369 e. The fourth-order valence-electron chi connectivity index (χ4n) is 3.15. The van der Waals surface area contributed by atoms with E-state index in [1.807, 2.05) is 45.0 Å². The predicted molar refractivity (Wildman–Crippen MR) is 109 cm³/mol. The number of hydrogen-bond acceptors (Lipinski definition) is 6. The van der Waals surface area contributed by atoms with Crippen LogP contribution in [0.3, 0.4) is 0 Å². The van der Waals surface area contributed by atoms with Gasteiger partial charge in [0.1, 0.15) is 11.9 Å². The van der Waals surface area contributed by atoms with Gasteiger partial charge in [0.15, 0.2) is 0 Å². The van der Waals surface area contributed by atoms with Crippen LogP contribution in [0.25, 0.3) is 0 Å². The molecule has 1 aliphatic rings. The van der Waals surface area contributed by atoms with Gasteiger partial charge in [-0.3, -0.25) is 4.98 Å². The molecule has 0 bridgehead atoms. The molecule has 1 atom stereocenters. The standard InChI is InChI=1S/C19H27N5O3S/c1-4-23(5-2)28(25,26)24-11-12-27-18(14-24)17-9-8-16(13-21-17)22-19-15(3)7-6-10-20-19/h6-10,13,18H,4-5,11-12,14H2,1-3H3,(H,20,22)/t18-/m1/s1. The number of pyridine rings is 2. The summed E-state index contributed by atoms with van der Waals surface area (Å²) in [7, 11) is -3.48. The van der Waals surface area contributed by atoms with Gasteiger partial charge in [-0.05, 0) is 30.7 Å². The van der Waals surface area contributed by atoms with E-state index in [4.69, 9.17) is 4.74 Å². The van der Waals surface area contributed by atoms with Crippen molar-refractivity contribution >= 4 is 21.7 Å². The highest BCUT2D eigenvalue weighted by atomic mass is 32.2. The van der Waals surface area contributed by atoms with Gasteiger partial charge in [0, 0.05) is 32.4 Å². The van der Waals surface area contributed by atoms with Gasteiger partial charge in [-0.15, -0.1) is 0 Å². The second kappa shape index (κ2) is 8.95. The normalized spacial score (nSPS) is 18.4. The van der Waals surface area contributed by atoms with Crippen LogP contribution in [0.2, 0.25) is 0 Å². The van der Waals surface area contributed by atoms with E-state index < -0.39 is 10.2 Å². The smallest absolute Gasteiger partial charge is 0.282 e. The van der Waals surface area contributed by atoms with Crippen LogP contribution in [0, 0.1) is 6.92 Å². The molecule has 3 rings (SSSR count). The van der Waals surface area contributed by atoms with E-state index in [1.54, 1.807) is 12.4 Å². The first kappa shape index (κ1) is 20.7. The monoisotopic (exact) mass is 405 g/mol. The minimum Gasteiger partial charge on any atom is -0.369 e. The number of ether oxygens (including phenoxy) is 1. The zero-order valence-electron chi connectivity index (χ0n) is 16.5. The molecule has 28 heavy (non-hydrogen) atoms. The lowest BCUT2D eigenvalue weighted by molar-refractivity contribution is -0.00657. The van der Waals surface area contributed by atoms with Gasteiger partial charge in [0.05, 0.1) is 24.2 Å². The molecular formula is C19H27N5O3S. The van der Waals surface area contributed by atoms with E-state index in [2.05, 4.69) is 15.3 Å². The van der Waals surface area contributed by atoms with Crippen LogP contribution >= 0.6 is 0 Å². The summed E-state index contributed by atoms with van der Waals surface area (Å²) in [5, 5.41) is 3.24. The molecule has 1 aliphatic heterocycles. The summed E-state index contributed by atoms with van der Waals surface area (Å²) >= 11 is 0. The maximum atomic E-state index is 12.8. The summed E-state index contributed by atoms with van der Waals surface area (Å²) in [4.78, 5) is 8.79. The Balaban J connectivity index is 1.71. The highest BCUT2D eigenvalue weighted by molar-refractivity contribution is 7.86. The molecule has 8 nitrogen and oxygen atoms in total. The second-order valence-electron chi connectivity index (χ2n) is 6.58. The lowest BCUT2D eigenvalue weighted by atomic mass is 10.2. The van der Waals surface area contributed by atoms with Crippen molar-refractivity contribution in [1.29, 1.82) is 0 Å². The van der Waals surface area contributed by atoms with Crippen molar-refractivity contribution in [3.63, 3.8) is 0 Å². The Hall–Kier alpha value is -2.07. The molecule has 0 unspecified atom stereocenters. The molecule has 0 saturated carbocycles. The highest BCUT2D eigenvalue weighted by Gasteiger charge is 2.33. The Kier molecular flexibility index (Phi) is 6.61. The summed E-state index contributed by atoms with van der Waals surface area (Å²) in [5.74, 6) is 0.780. The minimum absolute atomic E-state index is 0.262. The van der Waals surface area contributed by atoms with Crippen molar-refractivity contribution in [2.24, 2.45) is 0 Å². The summed E-state index contributed by atoms with van der Waals surface area (Å²) in [6.45, 7) is 7.54. The average Bonchev–Trinajstić information content (AvgIpc) is 2.71. The van der Waals surface area contributed by atoms with E-state index in [-0.39, 0.29) is 12.6 Å². The molecule has 0 spiro atoms. The molecule has 152 valence electrons. The predicted octanol–water partition coefficient (Wildman–Crippen LogP) is 2.49. The van der Waals surface area contributed by atoms with Crippen molar-refractivity contribution in [2.45, 2.75) is 26.9 Å². The van der Waals surface area contributed by atoms with Crippen LogP contribution in [0.5, 0.6) is 0 Å². The molecule has 1 saturated heterocycles. The van der Waals surface area contributed by atoms with Gasteiger partial charge >= 0.3 is 0 Å². The van der Waals surface area contributed by atoms with E-state index in [9.17, 15) is 8.42 Å². The summed E-state index contributed by atoms with van der Waals surface area (Å²) in [6, 6.07) is 7.63. The van der Waals surface area contributed by atoms with E-state index >= 15 is 0 Å². The molecule has 0 amide bonds. The Morgan fingerprint density at radius 1 is 1.25 bits per heavy atom. The molecule has 0 aliphatic carbocycles. The van der Waals surface area contributed by atoms with E-state index in [0.717, 1.165) is 17.1 Å². The topological polar surface area (TPSA) is 87.7 Å². The van der Waals surface area contributed by atoms with Crippen molar-refractivity contribution in [1.82, 2.24) is 18.6 Å². The van der Waals surface area contributed by atoms with Gasteiger partial charge in [0.25, 0.3) is 10.2 Å². The van der Waals surface area contributed by atoms with Crippen LogP contribution in [0.1, 0.15) is 31.2 Å². The third-order valence-corrected chi connectivity index (χ3v) is 6.93. The summed E-state index contributed by atoms with van der Waals surface area (Å²) in [6.07, 6.45) is 3.06. The summed E-state index contributed by atoms with van der Waals surface area (Å²) in [5.41, 5.74) is 2.57. The number of hydrogen-bond donors (Lipinski definition) is 1. The van der Waals surface area contributed by atoms with Gasteiger partial charge in [-0.2, -0.15) is 17.0 Å². The van der Waals surface area contributed by atoms with Gasteiger partial charge in [0.2, 0.25) is 0 Å². The van der Waals surface area contributed by atoms with Crippen molar-refractivity contribution < 1.29 is 13.2 Å². The lowest BCUT2D eigenvalue weighted by Crippen LogP contribution is -2.49. The molecule has 2 aromatic heterocycles. The van der Waals surface area contributed by atoms with Crippen LogP contribution < -0.4 is 5.32 Å². The fourth-order valence-corrected chi connectivity index (χ4v) is 4.76. The zero-order valence-corrected chi connectivity index (χ0v) is 17.3. The first-order valence-corrected chi connectivity index (χ1v) is 10.9. The maximum Gasteiger partial charge on any atom is 0.282 e. The first-order valence-electron chi connectivity index (χ1n) is 9.47. The number of aryl methyl sites for hydroxylation is 1. The van der Waals surface area contributed by atoms with Crippen molar-refractivity contribution in [3.05, 3.63) is 47.9 Å². The highest BCUT2D eigenvalue weighted by Crippen LogP contribution is 2.25. The Bertz CT molecular complexity index is 885. The molecule has 2 aromatic rings. The van der Waals surface area contributed by atoms with Crippen LogP contribution in [0.4, 0.5) is 11.5 Å². The number of anilines is 2. The zero-order chi connectivity index (χ0) is 20.1. The number of nitrogens with zero attached hydrogens (tertiary/aromatic N) is 4. The van der Waals surface area contributed by atoms with Crippen LogP contribution in [-0.4, -0.2) is 59.8 Å². The molecule has 0 radical (unpaired) electrons. The van der Waals surface area contributed by atoms with Gasteiger partial charge < -0.3 is 10.1 Å². The number of rotatable bonds is 7. The van der Waals surface area contributed by atoms with Crippen LogP contribution in [0.15, 0.2) is 36.7 Å². The Morgan fingerprint density at radius 3 is 2.68 bits per heavy atom. The molecule has 0 aromatic carbocycles. The molecule has 1 N–H and O–H groups in total. The molecular weight excluding hydrogens is 378 g/mol. The van der Waals surface area contributed by atoms with Crippen molar-refractivity contribution in [3.8, 4) is 0 Å². The fraction of sp³-hybridized carbons (Fsp3) is 0.474. The molecule has 1 fully saturated rings. The summed E-state index contributed by atoms with van der Waals surface area (Å²) < 4.78 is 34.3. The van der Waals surface area contributed by atoms with E-state index in [1.165, 1.54) is 8.61 Å². The SMILES string of the molecule is CCN(CC)S(=O)(=O)N1CCO[C@@H](c2ccc(Nc3ncccc3C)cn2)C1. The number of morpholine rings is 1. The van der Waals surface area contributed by atoms with Crippen LogP contribution in [-0.2, 0) is 14.9 Å². The maximum absolute atomic E-state index is 12.8.